The fraction of sp³-hybridized carbons (Fsp3) is 0.667. The van der Waals surface area contributed by atoms with Crippen LogP contribution in [-0.4, -0.2) is 109 Å². The average Bonchev–Trinajstić information content (AvgIpc) is 3.62. The van der Waals surface area contributed by atoms with Crippen molar-refractivity contribution in [3.63, 3.8) is 0 Å². The van der Waals surface area contributed by atoms with E-state index in [0.717, 1.165) is 98.7 Å². The maximum Gasteiger partial charge on any atom is 2.00 e. The van der Waals surface area contributed by atoms with Crippen molar-refractivity contribution in [3.8, 4) is 11.5 Å². The number of hydrogen-bond donors (Lipinski definition) is 1. The van der Waals surface area contributed by atoms with Gasteiger partial charge in [-0.25, -0.2) is 0 Å². The maximum absolute atomic E-state index is 11.2. The van der Waals surface area contributed by atoms with Crippen LogP contribution < -0.4 is 26.5 Å². The smallest absolute Gasteiger partial charge is 1.00 e. The summed E-state index contributed by atoms with van der Waals surface area (Å²) in [5.41, 5.74) is 0.856. The molecule has 0 amide bonds. The third-order valence-electron chi connectivity index (χ3n) is 9.31. The first kappa shape index (κ1) is 49.8. The standard InChI is InChI=1S/C19H31NO2.C18H27NO2.C4H8O.CH3.BrH.Mg/c1-15-12-16(2)14-20(13-15)10-5-11-22-18-8-6-17(7-9-18)19(3,4)21;1-14-11-15(2)13-19(12-14)9-4-10-21-18-7-5-17(6-8-18)16(3)20;1-2-4-5-3-1;;;/h6-9,15-16,21H,5,10-14H2,1-4H3;5-8,14-15H,4,9-13H2,1-3H3;1-4H2;1H3;1H;/q;;;-1;;+2/p-1/t15-,16-;14-,15-;;;;/m00..../s1. The van der Waals surface area contributed by atoms with E-state index in [0.29, 0.717) is 0 Å². The van der Waals surface area contributed by atoms with E-state index in [4.69, 9.17) is 14.2 Å². The number of ketones is 1. The molecule has 2 aromatic rings. The number of Topliss-reactive ketones (excluding diaryl/α,β-unsaturated/α-hetero) is 1. The SMILES string of the molecule is C1CCOC1.CC(=O)c1ccc(OCCCN2C[C@@H](C)C[C@H](C)C2)cc1.C[C@H]1C[C@H](C)CN(CCCOc2ccc(C(C)(C)O)cc2)C1.[Br-].[CH3-].[Mg+2]. The van der Waals surface area contributed by atoms with Gasteiger partial charge in [-0.05, 0) is 125 Å². The molecular weight excluding hydrogens is 717 g/mol. The number of nitrogens with zero attached hydrogens (tertiary/aromatic N) is 2. The zero-order valence-corrected chi connectivity index (χ0v) is 36.3. The normalized spacial score (nSPS) is 22.0. The van der Waals surface area contributed by atoms with Crippen LogP contribution in [0.5, 0.6) is 11.5 Å². The molecule has 5 rings (SSSR count). The van der Waals surface area contributed by atoms with Gasteiger partial charge in [0.15, 0.2) is 5.78 Å². The fourth-order valence-corrected chi connectivity index (χ4v) is 7.16. The van der Waals surface area contributed by atoms with E-state index in [1.807, 2.05) is 48.5 Å². The predicted octanol–water partition coefficient (Wildman–Crippen LogP) is 5.17. The Kier molecular flexibility index (Phi) is 25.9. The second-order valence-corrected chi connectivity index (χ2v) is 15.3. The molecule has 0 saturated carbocycles. The van der Waals surface area contributed by atoms with Crippen LogP contribution in [0.4, 0.5) is 0 Å². The Morgan fingerprint density at radius 1 is 0.745 bits per heavy atom. The molecule has 51 heavy (non-hydrogen) atoms. The van der Waals surface area contributed by atoms with Gasteiger partial charge in [-0.15, -0.1) is 0 Å². The summed E-state index contributed by atoms with van der Waals surface area (Å²) in [4.78, 5) is 16.3. The second kappa shape index (κ2) is 26.6. The Bertz CT molecular complexity index is 1150. The van der Waals surface area contributed by atoms with Gasteiger partial charge in [0.25, 0.3) is 0 Å². The molecule has 9 heteroatoms. The minimum absolute atomic E-state index is 0. The van der Waals surface area contributed by atoms with Crippen LogP contribution >= 0.6 is 0 Å². The van der Waals surface area contributed by atoms with Gasteiger partial charge in [0, 0.05) is 58.0 Å². The zero-order valence-electron chi connectivity index (χ0n) is 33.3. The van der Waals surface area contributed by atoms with E-state index in [1.54, 1.807) is 20.8 Å². The van der Waals surface area contributed by atoms with Crippen molar-refractivity contribution in [2.45, 2.75) is 92.6 Å². The van der Waals surface area contributed by atoms with Crippen LogP contribution in [-0.2, 0) is 10.3 Å². The van der Waals surface area contributed by atoms with Crippen LogP contribution in [0.2, 0.25) is 0 Å². The number of piperidine rings is 2. The summed E-state index contributed by atoms with van der Waals surface area (Å²) in [7, 11) is 0. The number of likely N-dealkylation sites (tertiary alicyclic amines) is 2. The number of ether oxygens (including phenoxy) is 3. The topological polar surface area (TPSA) is 71.5 Å². The molecule has 1 N–H and O–H groups in total. The molecule has 3 aliphatic rings. The summed E-state index contributed by atoms with van der Waals surface area (Å²) >= 11 is 0. The van der Waals surface area contributed by atoms with E-state index in [-0.39, 0.29) is 53.2 Å². The van der Waals surface area contributed by atoms with Crippen LogP contribution in [0, 0.1) is 31.1 Å². The largest absolute Gasteiger partial charge is 2.00 e. The van der Waals surface area contributed by atoms with Gasteiger partial charge in [0.1, 0.15) is 11.5 Å². The molecule has 2 aromatic carbocycles. The van der Waals surface area contributed by atoms with Gasteiger partial charge >= 0.3 is 23.1 Å². The molecule has 286 valence electrons. The average molecular weight is 786 g/mol. The Labute approximate surface area is 338 Å². The molecule has 0 bridgehead atoms. The summed E-state index contributed by atoms with van der Waals surface area (Å²) in [5.74, 6) is 5.09. The van der Waals surface area contributed by atoms with Crippen molar-refractivity contribution in [2.75, 3.05) is 65.7 Å². The Balaban J connectivity index is 0.000000818. The minimum atomic E-state index is -0.791. The molecule has 3 fully saturated rings. The summed E-state index contributed by atoms with van der Waals surface area (Å²) in [6.07, 6.45) is 7.39. The van der Waals surface area contributed by atoms with Crippen molar-refractivity contribution in [1.29, 1.82) is 0 Å². The summed E-state index contributed by atoms with van der Waals surface area (Å²) in [6.45, 7) is 25.2. The number of carbonyl (C=O) groups excluding carboxylic acids is 1. The number of carbonyl (C=O) groups is 1. The molecule has 0 spiro atoms. The first-order chi connectivity index (χ1) is 22.9. The summed E-state index contributed by atoms with van der Waals surface area (Å²) in [6, 6.07) is 15.2. The minimum Gasteiger partial charge on any atom is -1.00 e. The van der Waals surface area contributed by atoms with Crippen molar-refractivity contribution < 1.29 is 41.1 Å². The molecule has 0 aliphatic carbocycles. The van der Waals surface area contributed by atoms with Gasteiger partial charge in [0.2, 0.25) is 0 Å². The van der Waals surface area contributed by atoms with Crippen molar-refractivity contribution in [1.82, 2.24) is 9.80 Å². The molecule has 3 heterocycles. The molecule has 4 atom stereocenters. The molecule has 3 saturated heterocycles. The summed E-state index contributed by atoms with van der Waals surface area (Å²) in [5, 5.41) is 9.93. The third kappa shape index (κ3) is 20.7. The van der Waals surface area contributed by atoms with Crippen molar-refractivity contribution >= 4 is 28.8 Å². The van der Waals surface area contributed by atoms with Crippen LogP contribution in [0.15, 0.2) is 48.5 Å². The van der Waals surface area contributed by atoms with Crippen LogP contribution in [0.25, 0.3) is 0 Å². The Morgan fingerprint density at radius 2 is 1.12 bits per heavy atom. The zero-order chi connectivity index (χ0) is 34.9. The van der Waals surface area contributed by atoms with Crippen LogP contribution in [0.1, 0.15) is 103 Å². The van der Waals surface area contributed by atoms with Gasteiger partial charge in [-0.2, -0.15) is 0 Å². The number of hydrogen-bond acceptors (Lipinski definition) is 7. The first-order valence-corrected chi connectivity index (χ1v) is 18.6. The number of benzene rings is 2. The predicted molar refractivity (Wildman–Crippen MR) is 209 cm³/mol. The fourth-order valence-electron chi connectivity index (χ4n) is 7.16. The van der Waals surface area contributed by atoms with E-state index in [1.165, 1.54) is 51.9 Å². The Hall–Kier alpha value is -1.20. The quantitative estimate of drug-likeness (QED) is 0.138. The molecular formula is C42H69BrMgN2O5. The van der Waals surface area contributed by atoms with Gasteiger partial charge in [-0.1, -0.05) is 39.8 Å². The van der Waals surface area contributed by atoms with E-state index >= 15 is 0 Å². The van der Waals surface area contributed by atoms with E-state index in [2.05, 4.69) is 37.5 Å². The number of aliphatic hydroxyl groups is 1. The van der Waals surface area contributed by atoms with E-state index < -0.39 is 5.60 Å². The Morgan fingerprint density at radius 3 is 1.43 bits per heavy atom. The van der Waals surface area contributed by atoms with E-state index in [9.17, 15) is 9.90 Å². The third-order valence-corrected chi connectivity index (χ3v) is 9.31. The van der Waals surface area contributed by atoms with Gasteiger partial charge < -0.3 is 53.5 Å². The van der Waals surface area contributed by atoms with Gasteiger partial charge in [0.05, 0.1) is 18.8 Å². The molecule has 7 nitrogen and oxygen atoms in total. The number of rotatable bonds is 12. The van der Waals surface area contributed by atoms with Crippen molar-refractivity contribution in [2.24, 2.45) is 23.7 Å². The van der Waals surface area contributed by atoms with Crippen molar-refractivity contribution in [3.05, 3.63) is 67.1 Å². The monoisotopic (exact) mass is 784 g/mol. The number of halogens is 1. The molecule has 0 aromatic heterocycles. The van der Waals surface area contributed by atoms with Gasteiger partial charge in [-0.3, -0.25) is 4.79 Å². The molecule has 0 radical (unpaired) electrons. The second-order valence-electron chi connectivity index (χ2n) is 15.3. The molecule has 3 aliphatic heterocycles. The summed E-state index contributed by atoms with van der Waals surface area (Å²) < 4.78 is 16.5. The first-order valence-electron chi connectivity index (χ1n) is 18.6. The maximum atomic E-state index is 11.2. The molecule has 0 unspecified atom stereocenters. The van der Waals surface area contributed by atoms with Crippen LogP contribution in [0.3, 0.4) is 0 Å².